The first-order valence-corrected chi connectivity index (χ1v) is 11.8. The predicted molar refractivity (Wildman–Crippen MR) is 124 cm³/mol. The molecule has 1 amide bonds. The van der Waals surface area contributed by atoms with Gasteiger partial charge in [-0.2, -0.15) is 26.3 Å². The number of hydrogen-bond donors (Lipinski definition) is 1. The molecule has 0 saturated carbocycles. The topological polar surface area (TPSA) is 64.8 Å². The van der Waals surface area contributed by atoms with E-state index in [1.165, 1.54) is 6.07 Å². The lowest BCUT2D eigenvalue weighted by atomic mass is 9.96. The number of alkyl halides is 9. The van der Waals surface area contributed by atoms with Crippen molar-refractivity contribution in [2.24, 2.45) is 5.73 Å². The van der Waals surface area contributed by atoms with Crippen molar-refractivity contribution in [2.45, 2.75) is 64.3 Å². The van der Waals surface area contributed by atoms with Gasteiger partial charge in [-0.1, -0.05) is 13.8 Å². The third-order valence-electron chi connectivity index (χ3n) is 5.45. The summed E-state index contributed by atoms with van der Waals surface area (Å²) in [6.07, 6.45) is -17.7. The van der Waals surface area contributed by atoms with Crippen LogP contribution in [0.2, 0.25) is 0 Å². The lowest BCUT2D eigenvalue weighted by Crippen LogP contribution is -2.30. The maximum Gasteiger partial charge on any atom is 0.573 e. The van der Waals surface area contributed by atoms with Crippen LogP contribution in [0.1, 0.15) is 48.9 Å². The van der Waals surface area contributed by atoms with E-state index >= 15 is 0 Å². The highest BCUT2D eigenvalue weighted by Crippen LogP contribution is 2.37. The van der Waals surface area contributed by atoms with Gasteiger partial charge < -0.3 is 20.1 Å². The average molecular weight is 574 g/mol. The molecular formula is C25H27F9N2O3. The lowest BCUT2D eigenvalue weighted by Gasteiger charge is -2.28. The molecule has 0 heterocycles. The molecule has 0 aliphatic rings. The van der Waals surface area contributed by atoms with Crippen molar-refractivity contribution in [3.8, 4) is 5.75 Å². The number of carbonyl (C=O) groups is 1. The van der Waals surface area contributed by atoms with Gasteiger partial charge in [0.25, 0.3) is 0 Å². The summed E-state index contributed by atoms with van der Waals surface area (Å²) in [5.41, 5.74) is 2.10. The monoisotopic (exact) mass is 574 g/mol. The number of halogens is 9. The molecule has 1 atom stereocenters. The first-order chi connectivity index (χ1) is 17.9. The second kappa shape index (κ2) is 12.7. The molecule has 0 aromatic heterocycles. The Bertz CT molecular complexity index is 1080. The van der Waals surface area contributed by atoms with Crippen molar-refractivity contribution in [3.05, 3.63) is 58.7 Å². The summed E-state index contributed by atoms with van der Waals surface area (Å²) in [6, 6.07) is 4.39. The normalized spacial score (nSPS) is 13.2. The molecule has 0 saturated heterocycles. The second-order valence-corrected chi connectivity index (χ2v) is 8.71. The highest BCUT2D eigenvalue weighted by molar-refractivity contribution is 5.65. The molecule has 218 valence electrons. The van der Waals surface area contributed by atoms with Gasteiger partial charge >= 0.3 is 24.8 Å². The third kappa shape index (κ3) is 10.1. The van der Waals surface area contributed by atoms with Crippen molar-refractivity contribution in [1.82, 2.24) is 0 Å². The van der Waals surface area contributed by atoms with Crippen LogP contribution in [0.3, 0.4) is 0 Å². The van der Waals surface area contributed by atoms with Gasteiger partial charge in [0, 0.05) is 31.6 Å². The fraction of sp³-hybridized carbons (Fsp3) is 0.480. The van der Waals surface area contributed by atoms with Crippen LogP contribution < -0.4 is 15.4 Å². The minimum atomic E-state index is -5.10. The van der Waals surface area contributed by atoms with Gasteiger partial charge in [-0.15, -0.1) is 13.2 Å². The van der Waals surface area contributed by atoms with E-state index in [9.17, 15) is 44.3 Å². The molecule has 2 aromatic rings. The van der Waals surface area contributed by atoms with Crippen molar-refractivity contribution >= 4 is 11.8 Å². The molecule has 0 fully saturated rings. The molecule has 5 nitrogen and oxygen atoms in total. The zero-order chi connectivity index (χ0) is 29.6. The summed E-state index contributed by atoms with van der Waals surface area (Å²) < 4.78 is 127. The van der Waals surface area contributed by atoms with Crippen LogP contribution in [-0.2, 0) is 29.9 Å². The molecule has 2 N–H and O–H groups in total. The zero-order valence-electron chi connectivity index (χ0n) is 20.9. The Morgan fingerprint density at radius 1 is 0.846 bits per heavy atom. The summed E-state index contributed by atoms with van der Waals surface area (Å²) in [5, 5.41) is 0. The Kier molecular flexibility index (Phi) is 10.4. The number of primary amides is 1. The van der Waals surface area contributed by atoms with Crippen LogP contribution in [0.25, 0.3) is 0 Å². The summed E-state index contributed by atoms with van der Waals surface area (Å²) in [4.78, 5) is 13.4. The van der Waals surface area contributed by atoms with E-state index in [4.69, 9.17) is 10.5 Å². The molecule has 0 aliphatic heterocycles. The predicted octanol–water partition coefficient (Wildman–Crippen LogP) is 7.50. The average Bonchev–Trinajstić information content (AvgIpc) is 2.76. The molecule has 2 aromatic carbocycles. The maximum absolute atomic E-state index is 13.3. The van der Waals surface area contributed by atoms with Crippen LogP contribution in [0.5, 0.6) is 5.75 Å². The fourth-order valence-electron chi connectivity index (χ4n) is 4.09. The highest BCUT2D eigenvalue weighted by atomic mass is 19.4. The van der Waals surface area contributed by atoms with Gasteiger partial charge in [0.15, 0.2) is 0 Å². The highest BCUT2D eigenvalue weighted by Gasteiger charge is 2.37. The molecule has 0 bridgehead atoms. The van der Waals surface area contributed by atoms with Gasteiger partial charge in [0.2, 0.25) is 0 Å². The first-order valence-electron chi connectivity index (χ1n) is 11.8. The smallest absolute Gasteiger partial charge is 0.446 e. The Morgan fingerprint density at radius 3 is 1.82 bits per heavy atom. The van der Waals surface area contributed by atoms with E-state index in [1.807, 2.05) is 18.7 Å². The number of amides is 1. The number of benzene rings is 2. The number of carbonyl (C=O) groups excluding carboxylic acids is 1. The van der Waals surface area contributed by atoms with Crippen LogP contribution in [0.4, 0.5) is 50.0 Å². The second-order valence-electron chi connectivity index (χ2n) is 8.71. The zero-order valence-corrected chi connectivity index (χ0v) is 20.9. The maximum atomic E-state index is 13.3. The molecule has 2 rings (SSSR count). The van der Waals surface area contributed by atoms with Crippen LogP contribution in [0, 0.1) is 0 Å². The van der Waals surface area contributed by atoms with E-state index < -0.39 is 59.8 Å². The van der Waals surface area contributed by atoms with Gasteiger partial charge in [0.1, 0.15) is 11.9 Å². The number of hydrogen-bond acceptors (Lipinski definition) is 4. The van der Waals surface area contributed by atoms with Gasteiger partial charge in [-0.3, -0.25) is 0 Å². The van der Waals surface area contributed by atoms with Gasteiger partial charge in [-0.25, -0.2) is 4.79 Å². The van der Waals surface area contributed by atoms with Crippen molar-refractivity contribution in [2.75, 3.05) is 18.0 Å². The number of nitrogens with two attached hydrogens (primary N) is 1. The van der Waals surface area contributed by atoms with Gasteiger partial charge in [0.05, 0.1) is 11.1 Å². The molecule has 0 radical (unpaired) electrons. The Balaban J connectivity index is 2.58. The molecule has 14 heteroatoms. The van der Waals surface area contributed by atoms with E-state index in [0.29, 0.717) is 43.8 Å². The Hall–Kier alpha value is -3.32. The third-order valence-corrected chi connectivity index (χ3v) is 5.45. The summed E-state index contributed by atoms with van der Waals surface area (Å²) in [5.74, 6) is -0.606. The minimum absolute atomic E-state index is 0.0448. The molecule has 0 spiro atoms. The lowest BCUT2D eigenvalue weighted by molar-refractivity contribution is -0.274. The number of rotatable bonds is 11. The van der Waals surface area contributed by atoms with Crippen molar-refractivity contribution in [1.29, 1.82) is 0 Å². The van der Waals surface area contributed by atoms with Crippen molar-refractivity contribution < 1.29 is 53.8 Å². The first kappa shape index (κ1) is 31.9. The van der Waals surface area contributed by atoms with E-state index in [0.717, 1.165) is 12.1 Å². The number of nitrogens with zero attached hydrogens (tertiary/aromatic N) is 1. The molecule has 1 unspecified atom stereocenters. The summed E-state index contributed by atoms with van der Waals surface area (Å²) in [6.45, 7) is 4.72. The SMILES string of the molecule is CCCN(CCC)c1ccc(OC(F)(F)F)cc1CC(Cc1cc(C(F)(F)F)cc(C(F)(F)F)c1)OC(N)=O. The van der Waals surface area contributed by atoms with Crippen LogP contribution in [0.15, 0.2) is 36.4 Å². The summed E-state index contributed by atoms with van der Waals surface area (Å²) >= 11 is 0. The number of anilines is 1. The van der Waals surface area contributed by atoms with Crippen LogP contribution in [-0.4, -0.2) is 31.6 Å². The largest absolute Gasteiger partial charge is 0.573 e. The van der Waals surface area contributed by atoms with E-state index in [1.54, 1.807) is 0 Å². The quantitative estimate of drug-likeness (QED) is 0.283. The van der Waals surface area contributed by atoms with Crippen molar-refractivity contribution in [3.63, 3.8) is 0 Å². The van der Waals surface area contributed by atoms with E-state index in [2.05, 4.69) is 4.74 Å². The minimum Gasteiger partial charge on any atom is -0.446 e. The molecular weight excluding hydrogens is 547 g/mol. The number of ether oxygens (including phenoxy) is 2. The summed E-state index contributed by atoms with van der Waals surface area (Å²) in [7, 11) is 0. The molecule has 0 aliphatic carbocycles. The Morgan fingerprint density at radius 2 is 1.38 bits per heavy atom. The standard InChI is InChI=1S/C25H27F9N2O3/c1-3-7-36(8-4-2)21-6-5-19(39-25(32,33)34)12-16(21)13-20(38-22(35)37)11-15-9-17(23(26,27)28)14-18(10-15)24(29,30)31/h5-6,9-10,12,14,20H,3-4,7-8,11,13H2,1-2H3,(H2,35,37). The Labute approximate surface area is 218 Å². The van der Waals surface area contributed by atoms with Gasteiger partial charge in [-0.05, 0) is 60.4 Å². The fourth-order valence-corrected chi connectivity index (χ4v) is 4.09. The van der Waals surface area contributed by atoms with E-state index in [-0.39, 0.29) is 18.1 Å². The van der Waals surface area contributed by atoms with Crippen LogP contribution >= 0.6 is 0 Å². The molecule has 39 heavy (non-hydrogen) atoms.